The van der Waals surface area contributed by atoms with Crippen molar-refractivity contribution in [1.29, 1.82) is 5.26 Å². The summed E-state index contributed by atoms with van der Waals surface area (Å²) in [5, 5.41) is 8.84. The molecule has 18 heavy (non-hydrogen) atoms. The number of hydrogen-bond donors (Lipinski definition) is 0. The molecule has 0 aliphatic heterocycles. The molecule has 1 aromatic rings. The van der Waals surface area contributed by atoms with Crippen molar-refractivity contribution in [2.45, 2.75) is 4.90 Å². The maximum atomic E-state index is 11.6. The third kappa shape index (κ3) is 2.63. The number of sulfone groups is 1. The van der Waals surface area contributed by atoms with Crippen LogP contribution in [-0.2, 0) is 9.84 Å². The van der Waals surface area contributed by atoms with E-state index in [0.29, 0.717) is 5.56 Å². The summed E-state index contributed by atoms with van der Waals surface area (Å²) in [6, 6.07) is 4.64. The molecule has 0 heterocycles. The average molecular weight is 267 g/mol. The van der Waals surface area contributed by atoms with Gasteiger partial charge >= 0.3 is 0 Å². The monoisotopic (exact) mass is 267 g/mol. The Balaban J connectivity index is 3.63. The normalized spacial score (nSPS) is 10.6. The summed E-state index contributed by atoms with van der Waals surface area (Å²) in [4.78, 5) is 0.0105. The van der Waals surface area contributed by atoms with Crippen molar-refractivity contribution in [3.05, 3.63) is 24.3 Å². The molecule has 0 aliphatic rings. The van der Waals surface area contributed by atoms with Gasteiger partial charge in [0, 0.05) is 17.9 Å². The van der Waals surface area contributed by atoms with Crippen molar-refractivity contribution in [2.75, 3.05) is 20.5 Å². The molecule has 0 aromatic heterocycles. The first-order valence-corrected chi connectivity index (χ1v) is 6.79. The summed E-state index contributed by atoms with van der Waals surface area (Å²) in [5.74, 6) is 0.424. The fourth-order valence-corrected chi connectivity index (χ4v) is 2.28. The standard InChI is InChI=1S/C12H13NO4S/c1-8(7-13)9-5-11(17-3)12(18(4,14)15)6-10(9)16-2/h5-6H,1H2,2-4H3. The third-order valence-corrected chi connectivity index (χ3v) is 3.46. The van der Waals surface area contributed by atoms with E-state index < -0.39 is 9.84 Å². The number of hydrogen-bond acceptors (Lipinski definition) is 5. The van der Waals surface area contributed by atoms with E-state index in [1.165, 1.54) is 26.4 Å². The Bertz CT molecular complexity index is 626. The lowest BCUT2D eigenvalue weighted by atomic mass is 10.1. The molecule has 0 spiro atoms. The Morgan fingerprint density at radius 2 is 1.83 bits per heavy atom. The van der Waals surface area contributed by atoms with Gasteiger partial charge in [0.25, 0.3) is 0 Å². The molecule has 0 aliphatic carbocycles. The van der Waals surface area contributed by atoms with Crippen molar-refractivity contribution in [2.24, 2.45) is 0 Å². The second kappa shape index (κ2) is 5.10. The summed E-state index contributed by atoms with van der Waals surface area (Å²) in [6.45, 7) is 3.57. The van der Waals surface area contributed by atoms with Gasteiger partial charge in [-0.05, 0) is 6.07 Å². The van der Waals surface area contributed by atoms with Crippen LogP contribution in [0.25, 0.3) is 5.57 Å². The highest BCUT2D eigenvalue weighted by atomic mass is 32.2. The fourth-order valence-electron chi connectivity index (χ4n) is 1.46. The molecule has 0 amide bonds. The number of rotatable bonds is 4. The lowest BCUT2D eigenvalue weighted by Crippen LogP contribution is -2.03. The van der Waals surface area contributed by atoms with E-state index in [-0.39, 0.29) is 22.0 Å². The Hall–Kier alpha value is -2.00. The summed E-state index contributed by atoms with van der Waals surface area (Å²) < 4.78 is 33.3. The molecule has 1 aromatic carbocycles. The van der Waals surface area contributed by atoms with Crippen molar-refractivity contribution in [3.8, 4) is 17.6 Å². The minimum atomic E-state index is -3.44. The van der Waals surface area contributed by atoms with Crippen LogP contribution in [0.4, 0.5) is 0 Å². The van der Waals surface area contributed by atoms with Gasteiger partial charge in [-0.25, -0.2) is 8.42 Å². The van der Waals surface area contributed by atoms with Gasteiger partial charge in [0.15, 0.2) is 9.84 Å². The van der Waals surface area contributed by atoms with Gasteiger partial charge in [-0.15, -0.1) is 0 Å². The molecule has 0 unspecified atom stereocenters. The van der Waals surface area contributed by atoms with Gasteiger partial charge in [0.05, 0.1) is 25.9 Å². The highest BCUT2D eigenvalue weighted by Gasteiger charge is 2.19. The molecule has 0 fully saturated rings. The first kappa shape index (κ1) is 14.1. The van der Waals surface area contributed by atoms with Crippen molar-refractivity contribution < 1.29 is 17.9 Å². The Labute approximate surface area is 106 Å². The molecule has 0 atom stereocenters. The van der Waals surface area contributed by atoms with Gasteiger partial charge in [0.2, 0.25) is 0 Å². The molecule has 6 heteroatoms. The Kier molecular flexibility index (Phi) is 3.99. The van der Waals surface area contributed by atoms with Crippen molar-refractivity contribution >= 4 is 15.4 Å². The highest BCUT2D eigenvalue weighted by molar-refractivity contribution is 7.90. The molecule has 0 bridgehead atoms. The maximum absolute atomic E-state index is 11.6. The number of ether oxygens (including phenoxy) is 2. The van der Waals surface area contributed by atoms with Gasteiger partial charge in [-0.3, -0.25) is 0 Å². The van der Waals surface area contributed by atoms with Crippen LogP contribution in [0.2, 0.25) is 0 Å². The largest absolute Gasteiger partial charge is 0.496 e. The summed E-state index contributed by atoms with van der Waals surface area (Å²) in [6.07, 6.45) is 1.07. The van der Waals surface area contributed by atoms with Crippen LogP contribution in [-0.4, -0.2) is 28.9 Å². The maximum Gasteiger partial charge on any atom is 0.179 e. The van der Waals surface area contributed by atoms with E-state index in [1.807, 2.05) is 6.07 Å². The predicted molar refractivity (Wildman–Crippen MR) is 67.3 cm³/mol. The number of nitrogens with zero attached hydrogens (tertiary/aromatic N) is 1. The second-order valence-corrected chi connectivity index (χ2v) is 5.55. The smallest absolute Gasteiger partial charge is 0.179 e. The lowest BCUT2D eigenvalue weighted by molar-refractivity contribution is 0.391. The van der Waals surface area contributed by atoms with Crippen LogP contribution in [0, 0.1) is 11.3 Å². The zero-order valence-corrected chi connectivity index (χ0v) is 11.2. The minimum Gasteiger partial charge on any atom is -0.496 e. The SMILES string of the molecule is C=C(C#N)c1cc(OC)c(S(C)(=O)=O)cc1OC. The van der Waals surface area contributed by atoms with Gasteiger partial charge in [-0.2, -0.15) is 5.26 Å². The zero-order valence-electron chi connectivity index (χ0n) is 10.4. The first-order chi connectivity index (χ1) is 8.35. The van der Waals surface area contributed by atoms with Gasteiger partial charge < -0.3 is 9.47 Å². The Morgan fingerprint density at radius 3 is 2.22 bits per heavy atom. The van der Waals surface area contributed by atoms with Crippen LogP contribution < -0.4 is 9.47 Å². The predicted octanol–water partition coefficient (Wildman–Crippen LogP) is 1.64. The van der Waals surface area contributed by atoms with E-state index in [2.05, 4.69) is 6.58 Å². The summed E-state index contributed by atoms with van der Waals surface area (Å²) >= 11 is 0. The fraction of sp³-hybridized carbons (Fsp3) is 0.250. The van der Waals surface area contributed by atoms with Gasteiger partial charge in [-0.1, -0.05) is 6.58 Å². The van der Waals surface area contributed by atoms with Crippen LogP contribution in [0.1, 0.15) is 5.56 Å². The summed E-state index contributed by atoms with van der Waals surface area (Å²) in [7, 11) is -0.697. The van der Waals surface area contributed by atoms with Crippen LogP contribution in [0.15, 0.2) is 23.6 Å². The molecular weight excluding hydrogens is 254 g/mol. The van der Waals surface area contributed by atoms with E-state index in [4.69, 9.17) is 14.7 Å². The number of methoxy groups -OCH3 is 2. The number of benzene rings is 1. The minimum absolute atomic E-state index is 0.0105. The third-order valence-electron chi connectivity index (χ3n) is 2.35. The molecule has 96 valence electrons. The van der Waals surface area contributed by atoms with Crippen LogP contribution >= 0.6 is 0 Å². The van der Waals surface area contributed by atoms with Gasteiger partial charge in [0.1, 0.15) is 16.4 Å². The second-order valence-electron chi connectivity index (χ2n) is 3.57. The topological polar surface area (TPSA) is 76.4 Å². The summed E-state index contributed by atoms with van der Waals surface area (Å²) in [5.41, 5.74) is 0.578. The van der Waals surface area contributed by atoms with E-state index in [0.717, 1.165) is 6.26 Å². The molecular formula is C12H13NO4S. The molecule has 0 radical (unpaired) electrons. The van der Waals surface area contributed by atoms with Crippen molar-refractivity contribution in [3.63, 3.8) is 0 Å². The molecule has 0 saturated carbocycles. The first-order valence-electron chi connectivity index (χ1n) is 4.90. The molecule has 0 saturated heterocycles. The van der Waals surface area contributed by atoms with Crippen LogP contribution in [0.3, 0.4) is 0 Å². The number of nitriles is 1. The van der Waals surface area contributed by atoms with E-state index in [1.54, 1.807) is 0 Å². The van der Waals surface area contributed by atoms with E-state index in [9.17, 15) is 8.42 Å². The number of allylic oxidation sites excluding steroid dienone is 1. The molecule has 5 nitrogen and oxygen atoms in total. The zero-order chi connectivity index (χ0) is 13.9. The lowest BCUT2D eigenvalue weighted by Gasteiger charge is -2.13. The average Bonchev–Trinajstić information content (AvgIpc) is 2.34. The quantitative estimate of drug-likeness (QED) is 0.775. The highest BCUT2D eigenvalue weighted by Crippen LogP contribution is 2.34. The molecule has 0 N–H and O–H groups in total. The van der Waals surface area contributed by atoms with E-state index >= 15 is 0 Å². The Morgan fingerprint density at radius 1 is 1.28 bits per heavy atom. The molecule has 1 rings (SSSR count). The van der Waals surface area contributed by atoms with Crippen molar-refractivity contribution in [1.82, 2.24) is 0 Å². The van der Waals surface area contributed by atoms with Crippen LogP contribution in [0.5, 0.6) is 11.5 Å².